The van der Waals surface area contributed by atoms with Crippen LogP contribution >= 0.6 is 11.6 Å². The minimum Gasteiger partial charge on any atom is -0.496 e. The summed E-state index contributed by atoms with van der Waals surface area (Å²) < 4.78 is 10.7. The van der Waals surface area contributed by atoms with Gasteiger partial charge in [-0.2, -0.15) is 0 Å². The van der Waals surface area contributed by atoms with Crippen molar-refractivity contribution in [2.45, 2.75) is 6.92 Å². The van der Waals surface area contributed by atoms with Crippen molar-refractivity contribution in [1.29, 1.82) is 0 Å². The summed E-state index contributed by atoms with van der Waals surface area (Å²) in [6.07, 6.45) is 1.05. The Hall–Kier alpha value is -2.40. The number of ketones is 2. The topological polar surface area (TPSA) is 73.6 Å². The molecule has 0 bridgehead atoms. The van der Waals surface area contributed by atoms with Gasteiger partial charge in [0.15, 0.2) is 16.8 Å². The van der Waals surface area contributed by atoms with Crippen LogP contribution in [0.3, 0.4) is 0 Å². The second-order valence-electron chi connectivity index (χ2n) is 4.61. The van der Waals surface area contributed by atoms with E-state index in [4.69, 9.17) is 20.8 Å². The maximum atomic E-state index is 12.2. The molecular weight excluding hydrogens is 296 g/mol. The third-order valence-corrected chi connectivity index (χ3v) is 3.56. The third kappa shape index (κ3) is 1.89. The van der Waals surface area contributed by atoms with Crippen LogP contribution in [0.4, 0.5) is 0 Å². The van der Waals surface area contributed by atoms with E-state index in [0.717, 1.165) is 6.08 Å². The fourth-order valence-corrected chi connectivity index (χ4v) is 2.57. The van der Waals surface area contributed by atoms with Gasteiger partial charge in [0.25, 0.3) is 0 Å². The molecule has 0 unspecified atom stereocenters. The molecule has 6 heteroatoms. The molecule has 1 aromatic carbocycles. The van der Waals surface area contributed by atoms with E-state index in [0.29, 0.717) is 5.76 Å². The predicted molar refractivity (Wildman–Crippen MR) is 76.4 cm³/mol. The molecule has 0 aliphatic heterocycles. The summed E-state index contributed by atoms with van der Waals surface area (Å²) in [5, 5.41) is -0.0857. The zero-order chi connectivity index (χ0) is 15.3. The van der Waals surface area contributed by atoms with E-state index in [2.05, 4.69) is 0 Å². The number of fused-ring (bicyclic) bond motifs is 3. The number of benzene rings is 1. The van der Waals surface area contributed by atoms with E-state index in [1.165, 1.54) is 19.2 Å². The first-order chi connectivity index (χ1) is 9.93. The number of hydrogen-bond acceptors (Lipinski definition) is 5. The SMILES string of the molecule is COc1cc2c(c3oc(C)cc(=O)c13)C(=O)C(Cl)=CC2=O. The van der Waals surface area contributed by atoms with Crippen LogP contribution in [0, 0.1) is 6.92 Å². The molecule has 0 fully saturated rings. The molecule has 0 saturated heterocycles. The molecule has 106 valence electrons. The van der Waals surface area contributed by atoms with E-state index < -0.39 is 11.6 Å². The van der Waals surface area contributed by atoms with Crippen molar-refractivity contribution < 1.29 is 18.7 Å². The lowest BCUT2D eigenvalue weighted by molar-refractivity contribution is 0.0990. The van der Waals surface area contributed by atoms with Crippen LogP contribution in [-0.4, -0.2) is 18.7 Å². The molecule has 0 spiro atoms. The summed E-state index contributed by atoms with van der Waals surface area (Å²) in [4.78, 5) is 36.4. The second kappa shape index (κ2) is 4.56. The van der Waals surface area contributed by atoms with Gasteiger partial charge in [-0.15, -0.1) is 0 Å². The van der Waals surface area contributed by atoms with Gasteiger partial charge in [0.2, 0.25) is 5.78 Å². The monoisotopic (exact) mass is 304 g/mol. The minimum atomic E-state index is -0.548. The van der Waals surface area contributed by atoms with Crippen LogP contribution in [-0.2, 0) is 0 Å². The number of rotatable bonds is 1. The fraction of sp³-hybridized carbons (Fsp3) is 0.133. The lowest BCUT2D eigenvalue weighted by Crippen LogP contribution is -2.17. The van der Waals surface area contributed by atoms with Crippen molar-refractivity contribution in [1.82, 2.24) is 0 Å². The highest BCUT2D eigenvalue weighted by atomic mass is 35.5. The average molecular weight is 305 g/mol. The number of halogens is 1. The molecule has 0 atom stereocenters. The van der Waals surface area contributed by atoms with E-state index in [9.17, 15) is 14.4 Å². The number of allylic oxidation sites excluding steroid dienone is 2. The van der Waals surface area contributed by atoms with Crippen molar-refractivity contribution in [3.8, 4) is 5.75 Å². The second-order valence-corrected chi connectivity index (χ2v) is 5.02. The Bertz CT molecular complexity index is 904. The molecular formula is C15H9ClO5. The van der Waals surface area contributed by atoms with Crippen LogP contribution in [0.2, 0.25) is 0 Å². The Labute approximate surface area is 123 Å². The summed E-state index contributed by atoms with van der Waals surface area (Å²) in [5.74, 6) is -0.467. The van der Waals surface area contributed by atoms with E-state index in [-0.39, 0.29) is 38.3 Å². The summed E-state index contributed by atoms with van der Waals surface area (Å²) in [5.41, 5.74) is -0.204. The van der Waals surface area contributed by atoms with Crippen LogP contribution in [0.25, 0.3) is 11.0 Å². The van der Waals surface area contributed by atoms with E-state index in [1.807, 2.05) is 0 Å². The summed E-state index contributed by atoms with van der Waals surface area (Å²) in [6.45, 7) is 1.58. The van der Waals surface area contributed by atoms with Gasteiger partial charge in [-0.1, -0.05) is 11.6 Å². The highest BCUT2D eigenvalue weighted by Crippen LogP contribution is 2.34. The van der Waals surface area contributed by atoms with Gasteiger partial charge < -0.3 is 9.15 Å². The quantitative estimate of drug-likeness (QED) is 0.809. The molecule has 1 aliphatic rings. The number of carbonyl (C=O) groups is 2. The van der Waals surface area contributed by atoms with Gasteiger partial charge in [0.05, 0.1) is 17.7 Å². The number of methoxy groups -OCH3 is 1. The number of aryl methyl sites for hydroxylation is 1. The first-order valence-corrected chi connectivity index (χ1v) is 6.43. The molecule has 2 aromatic rings. The zero-order valence-electron chi connectivity index (χ0n) is 11.2. The van der Waals surface area contributed by atoms with Crippen molar-refractivity contribution in [2.24, 2.45) is 0 Å². The summed E-state index contributed by atoms with van der Waals surface area (Å²) in [7, 11) is 1.37. The van der Waals surface area contributed by atoms with Crippen molar-refractivity contribution in [3.05, 3.63) is 50.4 Å². The lowest BCUT2D eigenvalue weighted by atomic mass is 9.92. The number of Topliss-reactive ketones (excluding diaryl/α,β-unsaturated/α-hetero) is 1. The Morgan fingerprint density at radius 1 is 1.19 bits per heavy atom. The third-order valence-electron chi connectivity index (χ3n) is 3.28. The molecule has 1 aromatic heterocycles. The number of carbonyl (C=O) groups excluding carboxylic acids is 2. The average Bonchev–Trinajstić information content (AvgIpc) is 2.42. The standard InChI is InChI=1S/C15H9ClO5/c1-6-3-10(18)13-11(20-2)4-7-9(17)5-8(16)14(19)12(7)15(13)21-6/h3-5H,1-2H3. The first kappa shape index (κ1) is 13.6. The van der Waals surface area contributed by atoms with Gasteiger partial charge >= 0.3 is 0 Å². The Kier molecular flexibility index (Phi) is 2.95. The molecule has 0 saturated carbocycles. The van der Waals surface area contributed by atoms with Crippen LogP contribution in [0.15, 0.2) is 32.5 Å². The maximum Gasteiger partial charge on any atom is 0.209 e. The molecule has 1 aliphatic carbocycles. The number of ether oxygens (including phenoxy) is 1. The van der Waals surface area contributed by atoms with Crippen LogP contribution < -0.4 is 10.2 Å². The molecule has 21 heavy (non-hydrogen) atoms. The van der Waals surface area contributed by atoms with Crippen molar-refractivity contribution in [3.63, 3.8) is 0 Å². The fourth-order valence-electron chi connectivity index (χ4n) is 2.38. The normalized spacial score (nSPS) is 14.1. The van der Waals surface area contributed by atoms with E-state index >= 15 is 0 Å². The smallest absolute Gasteiger partial charge is 0.209 e. The minimum absolute atomic E-state index is 0.00380. The lowest BCUT2D eigenvalue weighted by Gasteiger charge is -2.15. The molecule has 1 heterocycles. The van der Waals surface area contributed by atoms with Crippen LogP contribution in [0.5, 0.6) is 5.75 Å². The van der Waals surface area contributed by atoms with Gasteiger partial charge in [-0.05, 0) is 13.0 Å². The predicted octanol–water partition coefficient (Wildman–Crippen LogP) is 2.61. The Morgan fingerprint density at radius 2 is 1.90 bits per heavy atom. The van der Waals surface area contributed by atoms with Crippen molar-refractivity contribution in [2.75, 3.05) is 7.11 Å². The summed E-state index contributed by atoms with van der Waals surface area (Å²) in [6, 6.07) is 2.66. The van der Waals surface area contributed by atoms with Crippen molar-refractivity contribution >= 4 is 34.1 Å². The van der Waals surface area contributed by atoms with Gasteiger partial charge in [0, 0.05) is 17.7 Å². The van der Waals surface area contributed by atoms with Gasteiger partial charge in [-0.3, -0.25) is 14.4 Å². The molecule has 0 radical (unpaired) electrons. The zero-order valence-corrected chi connectivity index (χ0v) is 11.9. The highest BCUT2D eigenvalue weighted by Gasteiger charge is 2.30. The molecule has 5 nitrogen and oxygen atoms in total. The molecule has 3 rings (SSSR count). The van der Waals surface area contributed by atoms with Crippen LogP contribution in [0.1, 0.15) is 26.5 Å². The van der Waals surface area contributed by atoms with E-state index in [1.54, 1.807) is 6.92 Å². The Morgan fingerprint density at radius 3 is 2.57 bits per heavy atom. The molecule has 0 amide bonds. The first-order valence-electron chi connectivity index (χ1n) is 6.05. The Balaban J connectivity index is 2.57. The summed E-state index contributed by atoms with van der Waals surface area (Å²) >= 11 is 5.78. The highest BCUT2D eigenvalue weighted by molar-refractivity contribution is 6.50. The number of hydrogen-bond donors (Lipinski definition) is 0. The molecule has 0 N–H and O–H groups in total. The maximum absolute atomic E-state index is 12.2. The van der Waals surface area contributed by atoms with Gasteiger partial charge in [-0.25, -0.2) is 0 Å². The largest absolute Gasteiger partial charge is 0.496 e. The van der Waals surface area contributed by atoms with Gasteiger partial charge in [0.1, 0.15) is 16.9 Å².